The van der Waals surface area contributed by atoms with Gasteiger partial charge in [-0.3, -0.25) is 0 Å². The van der Waals surface area contributed by atoms with Gasteiger partial charge in [-0.05, 0) is 25.0 Å². The summed E-state index contributed by atoms with van der Waals surface area (Å²) in [5, 5.41) is 9.09. The topological polar surface area (TPSA) is 103 Å². The number of pyridine rings is 1. The molecular formula is C16H19N5O2S. The van der Waals surface area contributed by atoms with E-state index in [4.69, 9.17) is 5.14 Å². The van der Waals surface area contributed by atoms with Crippen molar-refractivity contribution >= 4 is 26.7 Å². The van der Waals surface area contributed by atoms with Crippen LogP contribution < -0.4 is 10.5 Å². The van der Waals surface area contributed by atoms with Crippen molar-refractivity contribution in [2.24, 2.45) is 5.14 Å². The van der Waals surface area contributed by atoms with Crippen molar-refractivity contribution in [1.82, 2.24) is 14.5 Å². The van der Waals surface area contributed by atoms with Gasteiger partial charge in [0.15, 0.2) is 0 Å². The Morgan fingerprint density at radius 1 is 1.29 bits per heavy atom. The number of anilines is 1. The van der Waals surface area contributed by atoms with Crippen LogP contribution in [0.5, 0.6) is 0 Å². The summed E-state index contributed by atoms with van der Waals surface area (Å²) in [5.41, 5.74) is 4.04. The normalized spacial score (nSPS) is 11.8. The highest BCUT2D eigenvalue weighted by molar-refractivity contribution is 7.89. The third-order valence-corrected chi connectivity index (χ3v) is 4.73. The molecule has 24 heavy (non-hydrogen) atoms. The first-order chi connectivity index (χ1) is 11.3. The van der Waals surface area contributed by atoms with Crippen LogP contribution in [-0.4, -0.2) is 35.3 Å². The molecule has 7 nitrogen and oxygen atoms in total. The Bertz CT molecular complexity index is 981. The van der Waals surface area contributed by atoms with Crippen molar-refractivity contribution in [2.75, 3.05) is 17.6 Å². The van der Waals surface area contributed by atoms with Crippen LogP contribution in [0.25, 0.3) is 16.6 Å². The lowest BCUT2D eigenvalue weighted by molar-refractivity contribution is 0.598. The fourth-order valence-electron chi connectivity index (χ4n) is 2.54. The molecule has 0 saturated carbocycles. The van der Waals surface area contributed by atoms with Gasteiger partial charge in [-0.15, -0.1) is 0 Å². The first-order valence-electron chi connectivity index (χ1n) is 7.49. The van der Waals surface area contributed by atoms with Gasteiger partial charge in [0.25, 0.3) is 0 Å². The maximum atomic E-state index is 11.1. The van der Waals surface area contributed by atoms with Gasteiger partial charge in [-0.2, -0.15) is 0 Å². The van der Waals surface area contributed by atoms with Gasteiger partial charge in [0.2, 0.25) is 10.0 Å². The van der Waals surface area contributed by atoms with Crippen molar-refractivity contribution in [3.63, 3.8) is 0 Å². The minimum absolute atomic E-state index is 0.153. The molecule has 0 aliphatic heterocycles. The predicted octanol–water partition coefficient (Wildman–Crippen LogP) is 1.74. The average molecular weight is 345 g/mol. The molecule has 2 aromatic heterocycles. The molecule has 1 aromatic carbocycles. The molecule has 0 aliphatic carbocycles. The molecule has 0 aliphatic rings. The summed E-state index contributed by atoms with van der Waals surface area (Å²) in [6.45, 7) is 4.26. The highest BCUT2D eigenvalue weighted by atomic mass is 32.2. The number of hydrogen-bond donors (Lipinski definition) is 2. The van der Waals surface area contributed by atoms with Gasteiger partial charge in [0, 0.05) is 30.4 Å². The standard InChI is InChI=1S/C16H19N5O2S/c1-11-3-4-13-14(21-7-5-18-10-21)9-15(20-16(13)12(11)2)19-6-8-24(17,22)23/h3-5,7,9-10H,6,8H2,1-2H3,(H,19,20)(H2,17,22,23). The molecule has 3 aromatic rings. The fourth-order valence-corrected chi connectivity index (χ4v) is 2.93. The van der Waals surface area contributed by atoms with Crippen LogP contribution in [0.2, 0.25) is 0 Å². The molecule has 3 N–H and O–H groups in total. The number of aromatic nitrogens is 3. The molecule has 0 fully saturated rings. The van der Waals surface area contributed by atoms with Gasteiger partial charge >= 0.3 is 0 Å². The lowest BCUT2D eigenvalue weighted by Gasteiger charge is -2.14. The molecular weight excluding hydrogens is 326 g/mol. The molecule has 3 rings (SSSR count). The van der Waals surface area contributed by atoms with Crippen molar-refractivity contribution < 1.29 is 8.42 Å². The summed E-state index contributed by atoms with van der Waals surface area (Å²) in [5.74, 6) is 0.448. The zero-order chi connectivity index (χ0) is 17.3. The molecule has 0 radical (unpaired) electrons. The van der Waals surface area contributed by atoms with Crippen LogP contribution in [0.3, 0.4) is 0 Å². The molecule has 8 heteroatoms. The number of rotatable bonds is 5. The van der Waals surface area contributed by atoms with E-state index in [-0.39, 0.29) is 12.3 Å². The van der Waals surface area contributed by atoms with Crippen molar-refractivity contribution in [1.29, 1.82) is 0 Å². The predicted molar refractivity (Wildman–Crippen MR) is 94.8 cm³/mol. The molecule has 0 saturated heterocycles. The van der Waals surface area contributed by atoms with E-state index >= 15 is 0 Å². The largest absolute Gasteiger partial charge is 0.369 e. The SMILES string of the molecule is Cc1ccc2c(-n3ccnc3)cc(NCCS(N)(=O)=O)nc2c1C. The summed E-state index contributed by atoms with van der Waals surface area (Å²) in [7, 11) is -3.51. The molecule has 0 atom stereocenters. The number of hydrogen-bond acceptors (Lipinski definition) is 5. The third-order valence-electron chi connectivity index (χ3n) is 3.96. The summed E-state index contributed by atoms with van der Waals surface area (Å²) in [6.07, 6.45) is 5.29. The molecule has 126 valence electrons. The van der Waals surface area contributed by atoms with E-state index in [1.54, 1.807) is 12.5 Å². The van der Waals surface area contributed by atoms with Crippen LogP contribution >= 0.6 is 0 Å². The Hall–Kier alpha value is -2.45. The summed E-state index contributed by atoms with van der Waals surface area (Å²) in [4.78, 5) is 8.74. The second-order valence-corrected chi connectivity index (χ2v) is 7.43. The van der Waals surface area contributed by atoms with Crippen molar-refractivity contribution in [2.45, 2.75) is 13.8 Å². The van der Waals surface area contributed by atoms with Gasteiger partial charge < -0.3 is 9.88 Å². The van der Waals surface area contributed by atoms with Crippen molar-refractivity contribution in [3.8, 4) is 5.69 Å². The number of imidazole rings is 1. The lowest BCUT2D eigenvalue weighted by Crippen LogP contribution is -2.22. The number of nitrogens with zero attached hydrogens (tertiary/aromatic N) is 3. The highest BCUT2D eigenvalue weighted by Gasteiger charge is 2.11. The summed E-state index contributed by atoms with van der Waals surface area (Å²) >= 11 is 0. The second kappa shape index (κ2) is 6.21. The Kier molecular flexibility index (Phi) is 4.25. The van der Waals surface area contributed by atoms with E-state index in [0.29, 0.717) is 5.82 Å². The Morgan fingerprint density at radius 2 is 2.08 bits per heavy atom. The minimum atomic E-state index is -3.51. The molecule has 0 amide bonds. The Morgan fingerprint density at radius 3 is 2.75 bits per heavy atom. The maximum Gasteiger partial charge on any atom is 0.210 e. The number of sulfonamides is 1. The zero-order valence-electron chi connectivity index (χ0n) is 13.5. The van der Waals surface area contributed by atoms with Crippen LogP contribution in [0, 0.1) is 13.8 Å². The third kappa shape index (κ3) is 3.39. The number of aryl methyl sites for hydroxylation is 2. The van der Waals surface area contributed by atoms with Crippen LogP contribution in [0.1, 0.15) is 11.1 Å². The number of nitrogens with one attached hydrogen (secondary N) is 1. The summed E-state index contributed by atoms with van der Waals surface area (Å²) in [6, 6.07) is 5.98. The van der Waals surface area contributed by atoms with Crippen LogP contribution in [0.15, 0.2) is 36.9 Å². The first-order valence-corrected chi connectivity index (χ1v) is 9.20. The lowest BCUT2D eigenvalue weighted by atomic mass is 10.0. The van der Waals surface area contributed by atoms with Gasteiger partial charge in [0.05, 0.1) is 23.3 Å². The number of benzene rings is 1. The van der Waals surface area contributed by atoms with E-state index < -0.39 is 10.0 Å². The van der Waals surface area contributed by atoms with E-state index in [2.05, 4.69) is 21.4 Å². The Labute approximate surface area is 140 Å². The van der Waals surface area contributed by atoms with E-state index in [1.807, 2.05) is 36.7 Å². The second-order valence-electron chi connectivity index (χ2n) is 5.69. The zero-order valence-corrected chi connectivity index (χ0v) is 14.3. The molecule has 0 unspecified atom stereocenters. The van der Waals surface area contributed by atoms with Crippen molar-refractivity contribution in [3.05, 3.63) is 48.0 Å². The smallest absolute Gasteiger partial charge is 0.210 e. The van der Waals surface area contributed by atoms with Crippen LogP contribution in [-0.2, 0) is 10.0 Å². The van der Waals surface area contributed by atoms with E-state index in [0.717, 1.165) is 27.7 Å². The van der Waals surface area contributed by atoms with E-state index in [9.17, 15) is 8.42 Å². The maximum absolute atomic E-state index is 11.1. The quantitative estimate of drug-likeness (QED) is 0.733. The fraction of sp³-hybridized carbons (Fsp3) is 0.250. The highest BCUT2D eigenvalue weighted by Crippen LogP contribution is 2.28. The average Bonchev–Trinajstić information content (AvgIpc) is 3.03. The first kappa shape index (κ1) is 16.4. The van der Waals surface area contributed by atoms with E-state index in [1.165, 1.54) is 0 Å². The van der Waals surface area contributed by atoms with Gasteiger partial charge in [0.1, 0.15) is 5.82 Å². The number of primary sulfonamides is 1. The number of nitrogens with two attached hydrogens (primary N) is 1. The molecule has 0 spiro atoms. The van der Waals surface area contributed by atoms with Gasteiger partial charge in [-0.1, -0.05) is 12.1 Å². The summed E-state index contributed by atoms with van der Waals surface area (Å²) < 4.78 is 24.1. The number of fused-ring (bicyclic) bond motifs is 1. The van der Waals surface area contributed by atoms with Crippen LogP contribution in [0.4, 0.5) is 5.82 Å². The molecule has 2 heterocycles. The van der Waals surface area contributed by atoms with Gasteiger partial charge in [-0.25, -0.2) is 23.5 Å². The monoisotopic (exact) mass is 345 g/mol. The Balaban J connectivity index is 2.09. The molecule has 0 bridgehead atoms. The minimum Gasteiger partial charge on any atom is -0.369 e.